The first-order valence-corrected chi connectivity index (χ1v) is 13.3. The van der Waals surface area contributed by atoms with E-state index >= 15 is 0 Å². The summed E-state index contributed by atoms with van der Waals surface area (Å²) < 4.78 is 13.8. The molecule has 6 aliphatic rings. The van der Waals surface area contributed by atoms with Gasteiger partial charge in [0.15, 0.2) is 5.75 Å². The second kappa shape index (κ2) is 8.14. The van der Waals surface area contributed by atoms with Gasteiger partial charge in [-0.3, -0.25) is 9.89 Å². The Hall–Kier alpha value is -2.72. The van der Waals surface area contributed by atoms with E-state index in [0.717, 1.165) is 75.3 Å². The van der Waals surface area contributed by atoms with Crippen LogP contribution in [0.4, 0.5) is 0 Å². The summed E-state index contributed by atoms with van der Waals surface area (Å²) in [4.78, 5) is 19.0. The minimum atomic E-state index is 0.121. The number of ether oxygens (including phenoxy) is 2. The number of aliphatic imine (C=N–C) groups is 1. The Labute approximate surface area is 211 Å². The third-order valence-electron chi connectivity index (χ3n) is 8.85. The van der Waals surface area contributed by atoms with Gasteiger partial charge in [0, 0.05) is 44.2 Å². The van der Waals surface area contributed by atoms with Gasteiger partial charge in [-0.15, -0.1) is 5.10 Å². The van der Waals surface area contributed by atoms with E-state index in [2.05, 4.69) is 36.4 Å². The maximum Gasteiger partial charge on any atom is 0.253 e. The Morgan fingerprint density at radius 2 is 1.92 bits per heavy atom. The molecule has 5 heterocycles. The molecule has 3 aliphatic heterocycles. The molecule has 2 aromatic rings. The topological polar surface area (TPSA) is 92.4 Å². The molecule has 0 amide bonds. The van der Waals surface area contributed by atoms with Gasteiger partial charge in [-0.05, 0) is 45.4 Å². The summed E-state index contributed by atoms with van der Waals surface area (Å²) in [5, 5.41) is 8.06. The van der Waals surface area contributed by atoms with Crippen molar-refractivity contribution < 1.29 is 9.47 Å². The average Bonchev–Trinajstić information content (AvgIpc) is 3.45. The number of hydrogen-bond donors (Lipinski definition) is 1. The Bertz CT molecular complexity index is 1240. The molecule has 0 spiro atoms. The third kappa shape index (κ3) is 3.60. The van der Waals surface area contributed by atoms with Crippen molar-refractivity contribution in [2.24, 2.45) is 15.8 Å². The van der Waals surface area contributed by atoms with Crippen LogP contribution < -0.4 is 10.1 Å². The van der Waals surface area contributed by atoms with Crippen LogP contribution in [0.25, 0.3) is 5.78 Å². The third-order valence-corrected chi connectivity index (χ3v) is 8.85. The molecule has 2 aromatic heterocycles. The average molecular weight is 493 g/mol. The molecule has 10 heteroatoms. The molecule has 3 saturated carbocycles. The van der Waals surface area contributed by atoms with Crippen molar-refractivity contribution in [3.8, 4) is 5.75 Å². The van der Waals surface area contributed by atoms with Gasteiger partial charge in [-0.25, -0.2) is 4.98 Å². The fraction of sp³-hybridized carbons (Fsp3) is 0.692. The molecule has 3 aliphatic carbocycles. The molecule has 0 unspecified atom stereocenters. The van der Waals surface area contributed by atoms with Crippen LogP contribution in [-0.4, -0.2) is 93.8 Å². The van der Waals surface area contributed by atoms with Crippen LogP contribution in [0.2, 0.25) is 0 Å². The summed E-state index contributed by atoms with van der Waals surface area (Å²) in [5.74, 6) is 3.39. The van der Waals surface area contributed by atoms with Crippen molar-refractivity contribution in [1.29, 1.82) is 0 Å². The van der Waals surface area contributed by atoms with Crippen molar-refractivity contribution in [3.05, 3.63) is 29.1 Å². The van der Waals surface area contributed by atoms with Crippen molar-refractivity contribution in [1.82, 2.24) is 34.7 Å². The summed E-state index contributed by atoms with van der Waals surface area (Å²) in [6, 6.07) is 0. The van der Waals surface area contributed by atoms with Crippen LogP contribution in [0.15, 0.2) is 16.9 Å². The molecule has 5 fully saturated rings. The molecule has 0 radical (unpaired) electrons. The van der Waals surface area contributed by atoms with Crippen molar-refractivity contribution >= 4 is 11.6 Å². The lowest BCUT2D eigenvalue weighted by molar-refractivity contribution is -0.174. The van der Waals surface area contributed by atoms with Crippen molar-refractivity contribution in [3.63, 3.8) is 0 Å². The minimum absolute atomic E-state index is 0.121. The summed E-state index contributed by atoms with van der Waals surface area (Å²) in [5.41, 5.74) is 3.92. The number of hydrogen-bond acceptors (Lipinski definition) is 9. The predicted octanol–water partition coefficient (Wildman–Crippen LogP) is 1.85. The van der Waals surface area contributed by atoms with Gasteiger partial charge < -0.3 is 19.7 Å². The molecule has 1 atom stereocenters. The lowest BCUT2D eigenvalue weighted by Gasteiger charge is -2.71. The zero-order valence-electron chi connectivity index (χ0n) is 21.6. The highest BCUT2D eigenvalue weighted by atomic mass is 16.5. The van der Waals surface area contributed by atoms with E-state index in [1.54, 1.807) is 4.52 Å². The Morgan fingerprint density at radius 1 is 1.11 bits per heavy atom. The lowest BCUT2D eigenvalue weighted by atomic mass is 9.34. The molecular weight excluding hydrogens is 456 g/mol. The highest BCUT2D eigenvalue weighted by molar-refractivity contribution is 5.93. The summed E-state index contributed by atoms with van der Waals surface area (Å²) in [6.07, 6.45) is 7.16. The van der Waals surface area contributed by atoms with E-state index in [0.29, 0.717) is 16.6 Å². The van der Waals surface area contributed by atoms with E-state index in [9.17, 15) is 0 Å². The number of likely N-dealkylation sites (tertiary alicyclic amines) is 1. The number of nitrogens with zero attached hydrogens (tertiary/aromatic N) is 7. The van der Waals surface area contributed by atoms with Gasteiger partial charge in [0.1, 0.15) is 17.8 Å². The first kappa shape index (κ1) is 22.5. The molecule has 2 bridgehead atoms. The summed E-state index contributed by atoms with van der Waals surface area (Å²) in [7, 11) is 0. The van der Waals surface area contributed by atoms with Crippen LogP contribution in [0, 0.1) is 31.6 Å². The zero-order chi connectivity index (χ0) is 24.5. The minimum Gasteiger partial charge on any atom is -0.485 e. The van der Waals surface area contributed by atoms with E-state index in [1.165, 1.54) is 37.3 Å². The Morgan fingerprint density at radius 3 is 2.67 bits per heavy atom. The second-order valence-electron chi connectivity index (χ2n) is 11.6. The number of aromatic nitrogens is 4. The number of morpholine rings is 1. The molecule has 36 heavy (non-hydrogen) atoms. The van der Waals surface area contributed by atoms with Gasteiger partial charge in [-0.2, -0.15) is 9.50 Å². The molecule has 2 saturated heterocycles. The van der Waals surface area contributed by atoms with Gasteiger partial charge in [0.05, 0.1) is 43.4 Å². The fourth-order valence-corrected chi connectivity index (χ4v) is 7.25. The largest absolute Gasteiger partial charge is 0.485 e. The van der Waals surface area contributed by atoms with Crippen molar-refractivity contribution in [2.75, 3.05) is 52.5 Å². The maximum atomic E-state index is 6.47. The normalized spacial score (nSPS) is 32.0. The predicted molar refractivity (Wildman–Crippen MR) is 135 cm³/mol. The molecule has 8 rings (SSSR count). The molecule has 1 N–H and O–H groups in total. The summed E-state index contributed by atoms with van der Waals surface area (Å²) in [6.45, 7) is 13.7. The van der Waals surface area contributed by atoms with E-state index in [1.807, 2.05) is 20.8 Å². The van der Waals surface area contributed by atoms with E-state index < -0.39 is 0 Å². The van der Waals surface area contributed by atoms with Crippen LogP contribution in [0.1, 0.15) is 42.9 Å². The smallest absolute Gasteiger partial charge is 0.253 e. The number of amidine groups is 1. The maximum absolute atomic E-state index is 6.47. The van der Waals surface area contributed by atoms with Gasteiger partial charge >= 0.3 is 0 Å². The van der Waals surface area contributed by atoms with Crippen LogP contribution in [0.3, 0.4) is 0 Å². The zero-order valence-corrected chi connectivity index (χ0v) is 21.6. The van der Waals surface area contributed by atoms with Gasteiger partial charge in [-0.1, -0.05) is 0 Å². The number of aryl methyl sites for hydroxylation is 3. The number of nitrogens with one attached hydrogen (secondary N) is 1. The molecular formula is C26H36N8O2. The number of fused-ring (bicyclic) bond motifs is 1. The monoisotopic (exact) mass is 492 g/mol. The highest BCUT2D eigenvalue weighted by Gasteiger charge is 2.70. The molecule has 10 nitrogen and oxygen atoms in total. The van der Waals surface area contributed by atoms with E-state index in [4.69, 9.17) is 14.5 Å². The lowest BCUT2D eigenvalue weighted by Crippen LogP contribution is -2.70. The Kier molecular flexibility index (Phi) is 5.08. The fourth-order valence-electron chi connectivity index (χ4n) is 7.25. The van der Waals surface area contributed by atoms with Gasteiger partial charge in [0.25, 0.3) is 5.78 Å². The van der Waals surface area contributed by atoms with Crippen LogP contribution in [-0.2, 0) is 4.74 Å². The second-order valence-corrected chi connectivity index (χ2v) is 11.6. The molecule has 0 aromatic carbocycles. The van der Waals surface area contributed by atoms with Crippen LogP contribution in [0.5, 0.6) is 5.75 Å². The number of rotatable bonds is 6. The van der Waals surface area contributed by atoms with Crippen molar-refractivity contribution in [2.45, 2.75) is 52.6 Å². The first-order valence-electron chi connectivity index (χ1n) is 13.3. The summed E-state index contributed by atoms with van der Waals surface area (Å²) >= 11 is 0. The first-order chi connectivity index (χ1) is 17.4. The molecule has 192 valence electrons. The van der Waals surface area contributed by atoms with Crippen LogP contribution >= 0.6 is 0 Å². The SMILES string of the molecule is Cc1nc2nc(C)c(O[C@@H]3CCN(C4=CNC(C56CC(CN7CCOCC7)(C5)C6)=NC4)C3)c(C)n2n1. The Balaban J connectivity index is 0.940. The van der Waals surface area contributed by atoms with E-state index in [-0.39, 0.29) is 6.10 Å². The standard InChI is InChI=1S/C26H36N8O2/c1-17-22(18(2)34-24(29-17)30-19(3)31-34)36-21-4-5-33(12-21)20-10-27-23(28-11-20)26-13-25(14-26,15-26)16-32-6-8-35-9-7-32/h10,21H,4-9,11-16H2,1-3H3,(H,27,28)/t21-,25?,26?/m1/s1. The quantitative estimate of drug-likeness (QED) is 0.653. The highest BCUT2D eigenvalue weighted by Crippen LogP contribution is 2.73. The van der Waals surface area contributed by atoms with Gasteiger partial charge in [0.2, 0.25) is 0 Å².